The maximum absolute atomic E-state index is 11.3. The summed E-state index contributed by atoms with van der Waals surface area (Å²) in [5, 5.41) is 11.3. The van der Waals surface area contributed by atoms with Crippen molar-refractivity contribution in [3.05, 3.63) is 11.1 Å². The molecule has 0 aromatic rings. The fraction of sp³-hybridized carbons (Fsp3) is 0.938. The lowest BCUT2D eigenvalue weighted by molar-refractivity contribution is -0.160. The summed E-state index contributed by atoms with van der Waals surface area (Å²) in [6.45, 7) is 12.7. The van der Waals surface area contributed by atoms with Gasteiger partial charge in [-0.25, -0.2) is 0 Å². The molecule has 7 atom stereocenters. The Bertz CT molecular complexity index is 742. The highest BCUT2D eigenvalue weighted by Gasteiger charge is 2.62. The molecular weight excluding hydrogens is 400 g/mol. The van der Waals surface area contributed by atoms with E-state index in [0.29, 0.717) is 10.8 Å². The summed E-state index contributed by atoms with van der Waals surface area (Å²) in [7, 11) is 0. The van der Waals surface area contributed by atoms with Crippen LogP contribution in [0.2, 0.25) is 0 Å². The second-order valence-electron chi connectivity index (χ2n) is 14.4. The fourth-order valence-corrected chi connectivity index (χ4v) is 10.9. The average Bonchev–Trinajstić information content (AvgIpc) is 3.14. The lowest BCUT2D eigenvalue weighted by Crippen LogP contribution is -2.58. The Morgan fingerprint density at radius 2 is 1.61 bits per heavy atom. The summed E-state index contributed by atoms with van der Waals surface area (Å²) in [5.41, 5.74) is 5.08. The van der Waals surface area contributed by atoms with Crippen molar-refractivity contribution in [1.29, 1.82) is 0 Å². The summed E-state index contributed by atoms with van der Waals surface area (Å²) in [6.07, 6.45) is 21.7. The van der Waals surface area contributed by atoms with Crippen molar-refractivity contribution >= 4 is 0 Å². The maximum atomic E-state index is 11.3. The third-order valence-corrected chi connectivity index (χ3v) is 12.5. The summed E-state index contributed by atoms with van der Waals surface area (Å²) in [4.78, 5) is 0. The predicted molar refractivity (Wildman–Crippen MR) is 140 cm³/mol. The van der Waals surface area contributed by atoms with Gasteiger partial charge in [-0.15, -0.1) is 0 Å². The fourth-order valence-electron chi connectivity index (χ4n) is 10.9. The minimum Gasteiger partial charge on any atom is -0.393 e. The minimum atomic E-state index is -0.0264. The van der Waals surface area contributed by atoms with Crippen molar-refractivity contribution in [2.45, 2.75) is 143 Å². The van der Waals surface area contributed by atoms with Crippen molar-refractivity contribution in [3.8, 4) is 0 Å². The van der Waals surface area contributed by atoms with Crippen LogP contribution < -0.4 is 0 Å². The zero-order valence-corrected chi connectivity index (χ0v) is 22.7. The van der Waals surface area contributed by atoms with Gasteiger partial charge in [0.2, 0.25) is 0 Å². The molecule has 4 saturated carbocycles. The normalized spacial score (nSPS) is 43.4. The molecule has 1 N–H and O–H groups in total. The molecule has 1 nitrogen and oxygen atoms in total. The molecule has 4 fully saturated rings. The van der Waals surface area contributed by atoms with Crippen molar-refractivity contribution in [2.75, 3.05) is 0 Å². The zero-order valence-electron chi connectivity index (χ0n) is 22.7. The third-order valence-electron chi connectivity index (χ3n) is 12.5. The third kappa shape index (κ3) is 3.81. The summed E-state index contributed by atoms with van der Waals surface area (Å²) < 4.78 is 0. The molecule has 5 aliphatic rings. The number of aliphatic hydroxyl groups is 1. The summed E-state index contributed by atoms with van der Waals surface area (Å²) in [5.74, 6) is 4.23. The van der Waals surface area contributed by atoms with Crippen LogP contribution in [0, 0.1) is 45.8 Å². The Morgan fingerprint density at radius 3 is 2.33 bits per heavy atom. The summed E-state index contributed by atoms with van der Waals surface area (Å²) in [6, 6.07) is 0. The van der Waals surface area contributed by atoms with Crippen LogP contribution in [0.5, 0.6) is 0 Å². The molecule has 0 saturated heterocycles. The highest BCUT2D eigenvalue weighted by Crippen LogP contribution is 2.70. The van der Waals surface area contributed by atoms with E-state index in [4.69, 9.17) is 0 Å². The van der Waals surface area contributed by atoms with Crippen LogP contribution in [0.1, 0.15) is 137 Å². The van der Waals surface area contributed by atoms with Gasteiger partial charge in [-0.05, 0) is 110 Å². The summed E-state index contributed by atoms with van der Waals surface area (Å²) >= 11 is 0. The average molecular weight is 455 g/mol. The molecule has 0 amide bonds. The lowest BCUT2D eigenvalue weighted by Gasteiger charge is -2.64. The van der Waals surface area contributed by atoms with Gasteiger partial charge in [0.15, 0.2) is 0 Å². The van der Waals surface area contributed by atoms with E-state index >= 15 is 0 Å². The first-order chi connectivity index (χ1) is 15.7. The van der Waals surface area contributed by atoms with Gasteiger partial charge in [0, 0.05) is 0 Å². The molecule has 5 aliphatic carbocycles. The Labute approximate surface area is 205 Å². The molecule has 188 valence electrons. The van der Waals surface area contributed by atoms with Crippen molar-refractivity contribution in [3.63, 3.8) is 0 Å². The van der Waals surface area contributed by atoms with Crippen LogP contribution in [0.15, 0.2) is 11.1 Å². The van der Waals surface area contributed by atoms with Gasteiger partial charge >= 0.3 is 0 Å². The highest BCUT2D eigenvalue weighted by atomic mass is 16.3. The minimum absolute atomic E-state index is 0.0264. The molecule has 2 unspecified atom stereocenters. The van der Waals surface area contributed by atoms with Crippen LogP contribution >= 0.6 is 0 Å². The second-order valence-corrected chi connectivity index (χ2v) is 14.4. The van der Waals surface area contributed by atoms with Crippen molar-refractivity contribution in [1.82, 2.24) is 0 Å². The molecule has 0 radical (unpaired) electrons. The second kappa shape index (κ2) is 8.97. The molecule has 0 aliphatic heterocycles. The highest BCUT2D eigenvalue weighted by molar-refractivity contribution is 5.35. The van der Waals surface area contributed by atoms with E-state index in [2.05, 4.69) is 34.6 Å². The Kier molecular flexibility index (Phi) is 6.63. The molecule has 0 aromatic heterocycles. The van der Waals surface area contributed by atoms with E-state index in [-0.39, 0.29) is 11.5 Å². The molecule has 1 heteroatoms. The predicted octanol–water partition coefficient (Wildman–Crippen LogP) is 9.09. The zero-order chi connectivity index (χ0) is 23.4. The molecular formula is C32H54O. The Hall–Kier alpha value is -0.300. The van der Waals surface area contributed by atoms with Crippen LogP contribution in [-0.2, 0) is 0 Å². The van der Waals surface area contributed by atoms with Gasteiger partial charge < -0.3 is 5.11 Å². The number of allylic oxidation sites excluding steroid dienone is 2. The Morgan fingerprint density at radius 1 is 0.848 bits per heavy atom. The maximum Gasteiger partial charge on any atom is 0.0599 e. The first-order valence-corrected chi connectivity index (χ1v) is 15.1. The topological polar surface area (TPSA) is 20.2 Å². The van der Waals surface area contributed by atoms with E-state index in [1.54, 1.807) is 0 Å². The number of aliphatic hydroxyl groups excluding tert-OH is 1. The van der Waals surface area contributed by atoms with Gasteiger partial charge in [-0.2, -0.15) is 0 Å². The largest absolute Gasteiger partial charge is 0.393 e. The van der Waals surface area contributed by atoms with E-state index in [1.165, 1.54) is 96.3 Å². The molecule has 5 rings (SSSR count). The quantitative estimate of drug-likeness (QED) is 0.411. The van der Waals surface area contributed by atoms with Gasteiger partial charge in [-0.1, -0.05) is 84.3 Å². The number of hydrogen-bond acceptors (Lipinski definition) is 1. The van der Waals surface area contributed by atoms with Crippen LogP contribution in [0.25, 0.3) is 0 Å². The number of rotatable bonds is 5. The van der Waals surface area contributed by atoms with E-state index < -0.39 is 0 Å². The monoisotopic (exact) mass is 454 g/mol. The van der Waals surface area contributed by atoms with Gasteiger partial charge in [0.05, 0.1) is 6.10 Å². The van der Waals surface area contributed by atoms with Crippen LogP contribution in [0.3, 0.4) is 0 Å². The molecule has 1 spiro atoms. The van der Waals surface area contributed by atoms with Crippen LogP contribution in [0.4, 0.5) is 0 Å². The Balaban J connectivity index is 1.40. The van der Waals surface area contributed by atoms with Gasteiger partial charge in [-0.3, -0.25) is 0 Å². The first kappa shape index (κ1) is 24.4. The lowest BCUT2D eigenvalue weighted by atomic mass is 9.41. The molecule has 0 aromatic carbocycles. The van der Waals surface area contributed by atoms with E-state index in [1.807, 2.05) is 11.1 Å². The van der Waals surface area contributed by atoms with Crippen molar-refractivity contribution in [2.24, 2.45) is 45.8 Å². The van der Waals surface area contributed by atoms with Crippen LogP contribution in [-0.4, -0.2) is 11.2 Å². The molecule has 0 heterocycles. The first-order valence-electron chi connectivity index (χ1n) is 15.1. The molecule has 33 heavy (non-hydrogen) atoms. The molecule has 0 bridgehead atoms. The van der Waals surface area contributed by atoms with E-state index in [9.17, 15) is 5.11 Å². The number of fused-ring (bicyclic) bond motifs is 5. The standard InChI is InChI=1S/C32H54O/c1-22(2)10-9-11-23(3)25-13-14-26-24-12-15-28-31(5,27(24)16-20-30(25,26)4)21-17-29(33)32(28)18-7-6-8-19-32/h22-23,25,27-29,33H,6-21H2,1-5H3/t23-,25-,27+,28?,29?,30-,31-/m1/s1. The SMILES string of the molecule is CC(C)CCC[C@@H](C)[C@H]1CCC2=C3CCC4C5(CCCCC5)C(O)CC[C@]4(C)[C@H]3CC[C@@]21C. The van der Waals surface area contributed by atoms with Gasteiger partial charge in [0.25, 0.3) is 0 Å². The van der Waals surface area contributed by atoms with Crippen molar-refractivity contribution < 1.29 is 5.11 Å². The van der Waals surface area contributed by atoms with Gasteiger partial charge in [0.1, 0.15) is 0 Å². The number of hydrogen-bond donors (Lipinski definition) is 1. The smallest absolute Gasteiger partial charge is 0.0599 e. The van der Waals surface area contributed by atoms with E-state index in [0.717, 1.165) is 36.0 Å².